The summed E-state index contributed by atoms with van der Waals surface area (Å²) in [5.74, 6) is 1.30. The summed E-state index contributed by atoms with van der Waals surface area (Å²) in [6, 6.07) is 5.77. The highest BCUT2D eigenvalue weighted by Crippen LogP contribution is 2.37. The van der Waals surface area contributed by atoms with E-state index in [2.05, 4.69) is 5.10 Å². The van der Waals surface area contributed by atoms with E-state index < -0.39 is 6.10 Å². The summed E-state index contributed by atoms with van der Waals surface area (Å²) in [6.45, 7) is 1.10. The second-order valence-corrected chi connectivity index (χ2v) is 7.06. The summed E-state index contributed by atoms with van der Waals surface area (Å²) in [6.07, 6.45) is 5.31. The normalized spacial score (nSPS) is 21.8. The smallest absolute Gasteiger partial charge is 0.259 e. The summed E-state index contributed by atoms with van der Waals surface area (Å²) in [7, 11) is 1.88. The van der Waals surface area contributed by atoms with E-state index in [0.717, 1.165) is 17.0 Å². The molecule has 0 spiro atoms. The number of fused-ring (bicyclic) bond motifs is 2. The van der Waals surface area contributed by atoms with Gasteiger partial charge >= 0.3 is 0 Å². The summed E-state index contributed by atoms with van der Waals surface area (Å²) >= 11 is 0. The van der Waals surface area contributed by atoms with Crippen LogP contribution in [0.4, 0.5) is 0 Å². The number of benzene rings is 1. The number of β-amino-alcohol motifs (C(OH)–C–C–N with tert-alkyl or cyclic N) is 1. The number of amides is 1. The first-order valence-corrected chi connectivity index (χ1v) is 8.97. The van der Waals surface area contributed by atoms with E-state index in [-0.39, 0.29) is 18.6 Å². The van der Waals surface area contributed by atoms with Crippen molar-refractivity contribution in [1.82, 2.24) is 19.1 Å². The molecule has 27 heavy (non-hydrogen) atoms. The molecule has 4 heterocycles. The van der Waals surface area contributed by atoms with Crippen molar-refractivity contribution in [3.8, 4) is 11.5 Å². The monoisotopic (exact) mass is 368 g/mol. The van der Waals surface area contributed by atoms with E-state index in [4.69, 9.17) is 9.47 Å². The van der Waals surface area contributed by atoms with Crippen molar-refractivity contribution in [1.29, 1.82) is 0 Å². The van der Waals surface area contributed by atoms with Crippen LogP contribution in [0.1, 0.15) is 28.3 Å². The minimum atomic E-state index is -0.637. The zero-order valence-electron chi connectivity index (χ0n) is 14.9. The van der Waals surface area contributed by atoms with Gasteiger partial charge in [-0.25, -0.2) is 4.52 Å². The van der Waals surface area contributed by atoms with Gasteiger partial charge in [0, 0.05) is 38.4 Å². The zero-order chi connectivity index (χ0) is 18.5. The predicted molar refractivity (Wildman–Crippen MR) is 96.0 cm³/mol. The molecule has 8 nitrogen and oxygen atoms in total. The fourth-order valence-corrected chi connectivity index (χ4v) is 4.02. The molecule has 0 unspecified atom stereocenters. The Morgan fingerprint density at radius 2 is 2.11 bits per heavy atom. The average Bonchev–Trinajstić information content (AvgIpc) is 3.38. The lowest BCUT2D eigenvalue weighted by Crippen LogP contribution is -2.45. The van der Waals surface area contributed by atoms with E-state index in [1.165, 1.54) is 0 Å². The average molecular weight is 368 g/mol. The molecule has 0 aliphatic carbocycles. The van der Waals surface area contributed by atoms with E-state index in [1.54, 1.807) is 15.6 Å². The Kier molecular flexibility index (Phi) is 3.61. The Labute approximate surface area is 155 Å². The second kappa shape index (κ2) is 6.02. The molecule has 0 radical (unpaired) electrons. The summed E-state index contributed by atoms with van der Waals surface area (Å²) in [5.41, 5.74) is 2.32. The summed E-state index contributed by atoms with van der Waals surface area (Å²) in [5, 5.41) is 15.0. The van der Waals surface area contributed by atoms with Crippen LogP contribution in [-0.2, 0) is 7.05 Å². The van der Waals surface area contributed by atoms with Gasteiger partial charge in [0.15, 0.2) is 11.5 Å². The van der Waals surface area contributed by atoms with Crippen molar-refractivity contribution in [3.63, 3.8) is 0 Å². The van der Waals surface area contributed by atoms with Gasteiger partial charge < -0.3 is 24.0 Å². The van der Waals surface area contributed by atoms with Gasteiger partial charge in [-0.3, -0.25) is 4.79 Å². The number of likely N-dealkylation sites (tertiary alicyclic amines) is 1. The lowest BCUT2D eigenvalue weighted by atomic mass is 9.86. The first-order valence-electron chi connectivity index (χ1n) is 8.97. The highest BCUT2D eigenvalue weighted by atomic mass is 16.7. The molecule has 1 N–H and O–H groups in total. The highest BCUT2D eigenvalue weighted by molar-refractivity contribution is 5.99. The van der Waals surface area contributed by atoms with Crippen LogP contribution in [0.15, 0.2) is 36.8 Å². The van der Waals surface area contributed by atoms with Crippen molar-refractivity contribution < 1.29 is 19.4 Å². The van der Waals surface area contributed by atoms with Crippen LogP contribution in [0.25, 0.3) is 5.65 Å². The Morgan fingerprint density at radius 3 is 2.96 bits per heavy atom. The van der Waals surface area contributed by atoms with Gasteiger partial charge in [-0.1, -0.05) is 6.07 Å². The number of carbonyl (C=O) groups is 1. The Bertz CT molecular complexity index is 1020. The van der Waals surface area contributed by atoms with Crippen molar-refractivity contribution in [2.24, 2.45) is 7.05 Å². The number of aryl methyl sites for hydroxylation is 1. The molecule has 1 aromatic carbocycles. The van der Waals surface area contributed by atoms with E-state index >= 15 is 0 Å². The molecule has 2 aromatic heterocycles. The van der Waals surface area contributed by atoms with Gasteiger partial charge in [0.05, 0.1) is 12.3 Å². The molecular weight excluding hydrogens is 348 g/mol. The first-order chi connectivity index (χ1) is 13.1. The maximum absolute atomic E-state index is 13.0. The lowest BCUT2D eigenvalue weighted by molar-refractivity contribution is 0.0383. The quantitative estimate of drug-likeness (QED) is 0.739. The lowest BCUT2D eigenvalue weighted by Gasteiger charge is -2.36. The van der Waals surface area contributed by atoms with Crippen LogP contribution in [0, 0.1) is 0 Å². The van der Waals surface area contributed by atoms with Gasteiger partial charge in [0.1, 0.15) is 11.2 Å². The maximum Gasteiger partial charge on any atom is 0.259 e. The zero-order valence-corrected chi connectivity index (χ0v) is 14.9. The maximum atomic E-state index is 13.0. The number of hydrogen-bond acceptors (Lipinski definition) is 5. The fourth-order valence-electron chi connectivity index (χ4n) is 4.02. The topological polar surface area (TPSA) is 81.2 Å². The SMILES string of the molecule is Cn1ccn2ncc(C(=O)N3CC[C@@H](c4ccc5c(c4)OCO5)[C@H](O)C3)c12. The van der Waals surface area contributed by atoms with E-state index in [9.17, 15) is 9.90 Å². The van der Waals surface area contributed by atoms with Gasteiger partial charge in [-0.15, -0.1) is 0 Å². The molecule has 2 aliphatic rings. The second-order valence-electron chi connectivity index (χ2n) is 7.06. The van der Waals surface area contributed by atoms with Crippen LogP contribution < -0.4 is 9.47 Å². The Morgan fingerprint density at radius 1 is 1.26 bits per heavy atom. The largest absolute Gasteiger partial charge is 0.454 e. The summed E-state index contributed by atoms with van der Waals surface area (Å²) in [4.78, 5) is 14.7. The highest BCUT2D eigenvalue weighted by Gasteiger charge is 2.33. The third kappa shape index (κ3) is 2.56. The fraction of sp³-hybridized carbons (Fsp3) is 0.368. The Balaban J connectivity index is 1.35. The van der Waals surface area contributed by atoms with Crippen LogP contribution in [-0.4, -0.2) is 56.1 Å². The number of imidazole rings is 1. The van der Waals surface area contributed by atoms with Crippen LogP contribution >= 0.6 is 0 Å². The third-order valence-electron chi connectivity index (χ3n) is 5.46. The number of carbonyl (C=O) groups excluding carboxylic acids is 1. The number of ether oxygens (including phenoxy) is 2. The molecule has 8 heteroatoms. The van der Waals surface area contributed by atoms with E-state index in [0.29, 0.717) is 30.8 Å². The minimum absolute atomic E-state index is 0.0363. The predicted octanol–water partition coefficient (Wildman–Crippen LogP) is 1.39. The van der Waals surface area contributed by atoms with Gasteiger partial charge in [0.2, 0.25) is 6.79 Å². The standard InChI is InChI=1S/C19H20N4O4/c1-21-6-7-23-18(21)14(9-20-23)19(25)22-5-4-13(15(24)10-22)12-2-3-16-17(8-12)27-11-26-16/h2-3,6-9,13,15,24H,4-5,10-11H2,1H3/t13-,15+/m0/s1. The molecule has 0 bridgehead atoms. The minimum Gasteiger partial charge on any atom is -0.454 e. The van der Waals surface area contributed by atoms with Crippen LogP contribution in [0.5, 0.6) is 11.5 Å². The van der Waals surface area contributed by atoms with Crippen LogP contribution in [0.3, 0.4) is 0 Å². The summed E-state index contributed by atoms with van der Waals surface area (Å²) < 4.78 is 14.3. The van der Waals surface area contributed by atoms with Crippen molar-refractivity contribution in [2.75, 3.05) is 19.9 Å². The number of aromatic nitrogens is 3. The van der Waals surface area contributed by atoms with Crippen LogP contribution in [0.2, 0.25) is 0 Å². The van der Waals surface area contributed by atoms with E-state index in [1.807, 2.05) is 42.2 Å². The first kappa shape index (κ1) is 16.2. The molecule has 1 amide bonds. The van der Waals surface area contributed by atoms with Gasteiger partial charge in [0.25, 0.3) is 5.91 Å². The molecule has 5 rings (SSSR count). The van der Waals surface area contributed by atoms with Gasteiger partial charge in [-0.05, 0) is 24.1 Å². The molecule has 1 fully saturated rings. The van der Waals surface area contributed by atoms with Crippen molar-refractivity contribution >= 4 is 11.6 Å². The molecule has 1 saturated heterocycles. The Hall–Kier alpha value is -3.00. The third-order valence-corrected chi connectivity index (χ3v) is 5.46. The molecular formula is C19H20N4O4. The number of aliphatic hydroxyl groups is 1. The number of nitrogens with zero attached hydrogens (tertiary/aromatic N) is 4. The molecule has 0 saturated carbocycles. The van der Waals surface area contributed by atoms with Gasteiger partial charge in [-0.2, -0.15) is 5.10 Å². The number of hydrogen-bond donors (Lipinski definition) is 1. The number of aliphatic hydroxyl groups excluding tert-OH is 1. The number of piperidine rings is 1. The molecule has 2 atom stereocenters. The molecule has 2 aliphatic heterocycles. The number of rotatable bonds is 2. The molecule has 3 aromatic rings. The van der Waals surface area contributed by atoms with Crippen molar-refractivity contribution in [2.45, 2.75) is 18.4 Å². The van der Waals surface area contributed by atoms with Crippen molar-refractivity contribution in [3.05, 3.63) is 47.9 Å². The molecule has 140 valence electrons.